The second kappa shape index (κ2) is 9.71. The number of nitrogens with two attached hydrogens (primary N) is 1. The molecule has 2 rings (SSSR count). The van der Waals surface area contributed by atoms with Crippen LogP contribution in [0.15, 0.2) is 30.3 Å². The molecular formula is C19H24ClN2O3S+. The summed E-state index contributed by atoms with van der Waals surface area (Å²) in [5, 5.41) is 5.19. The van der Waals surface area contributed by atoms with E-state index in [-0.39, 0.29) is 19.1 Å². The molecule has 0 bridgehead atoms. The summed E-state index contributed by atoms with van der Waals surface area (Å²) in [6.45, 7) is 7.33. The number of hydrogen-bond donors (Lipinski definition) is 2. The summed E-state index contributed by atoms with van der Waals surface area (Å²) >= 11 is 7.59. The lowest BCUT2D eigenvalue weighted by atomic mass is 10.0. The van der Waals surface area contributed by atoms with Crippen molar-refractivity contribution in [1.29, 1.82) is 0 Å². The molecule has 5 nitrogen and oxygen atoms in total. The van der Waals surface area contributed by atoms with Crippen molar-refractivity contribution < 1.29 is 19.6 Å². The number of amides is 1. The van der Waals surface area contributed by atoms with Crippen molar-refractivity contribution in [1.82, 2.24) is 0 Å². The average Bonchev–Trinajstić information content (AvgIpc) is 2.91. The molecule has 26 heavy (non-hydrogen) atoms. The third kappa shape index (κ3) is 5.30. The fourth-order valence-corrected chi connectivity index (χ4v) is 3.87. The van der Waals surface area contributed by atoms with Gasteiger partial charge in [-0.15, -0.1) is 11.3 Å². The van der Waals surface area contributed by atoms with Gasteiger partial charge in [-0.25, -0.2) is 4.79 Å². The Morgan fingerprint density at radius 1 is 1.27 bits per heavy atom. The van der Waals surface area contributed by atoms with E-state index in [0.717, 1.165) is 12.1 Å². The van der Waals surface area contributed by atoms with Crippen molar-refractivity contribution in [2.45, 2.75) is 20.8 Å². The second-order valence-electron chi connectivity index (χ2n) is 6.21. The normalized spacial score (nSPS) is 10.8. The molecule has 140 valence electrons. The van der Waals surface area contributed by atoms with Crippen LogP contribution in [0.5, 0.6) is 0 Å². The Balaban J connectivity index is 2.31. The highest BCUT2D eigenvalue weighted by Gasteiger charge is 2.26. The van der Waals surface area contributed by atoms with Gasteiger partial charge in [-0.3, -0.25) is 4.79 Å². The molecule has 0 aliphatic heterocycles. The van der Waals surface area contributed by atoms with Crippen LogP contribution >= 0.6 is 22.9 Å². The van der Waals surface area contributed by atoms with Crippen LogP contribution in [0.4, 0.5) is 5.00 Å². The Hall–Kier alpha value is -1.89. The minimum atomic E-state index is -0.490. The molecule has 0 aliphatic rings. The second-order valence-corrected chi connectivity index (χ2v) is 7.83. The molecule has 0 atom stereocenters. The number of halogens is 1. The van der Waals surface area contributed by atoms with Gasteiger partial charge in [0.2, 0.25) is 0 Å². The highest BCUT2D eigenvalue weighted by molar-refractivity contribution is 7.21. The van der Waals surface area contributed by atoms with E-state index in [1.165, 1.54) is 11.3 Å². The molecule has 1 aromatic heterocycles. The highest BCUT2D eigenvalue weighted by atomic mass is 35.5. The van der Waals surface area contributed by atoms with Crippen LogP contribution in [0.2, 0.25) is 4.34 Å². The summed E-state index contributed by atoms with van der Waals surface area (Å²) in [7, 11) is 0. The van der Waals surface area contributed by atoms with Crippen LogP contribution in [-0.4, -0.2) is 31.6 Å². The number of rotatable bonds is 8. The van der Waals surface area contributed by atoms with Crippen molar-refractivity contribution in [3.63, 3.8) is 0 Å². The van der Waals surface area contributed by atoms with Gasteiger partial charge in [0.05, 0.1) is 13.2 Å². The largest absolute Gasteiger partial charge is 0.462 e. The third-order valence-corrected chi connectivity index (χ3v) is 4.94. The van der Waals surface area contributed by atoms with E-state index in [1.807, 2.05) is 35.6 Å². The lowest BCUT2D eigenvalue weighted by Gasteiger charge is -2.09. The molecule has 7 heteroatoms. The minimum absolute atomic E-state index is 0.172. The van der Waals surface area contributed by atoms with Crippen LogP contribution in [0.3, 0.4) is 0 Å². The molecule has 0 radical (unpaired) electrons. The number of hydrogen-bond acceptors (Lipinski definition) is 4. The Morgan fingerprint density at radius 2 is 1.96 bits per heavy atom. The van der Waals surface area contributed by atoms with E-state index in [4.69, 9.17) is 16.3 Å². The zero-order valence-corrected chi connectivity index (χ0v) is 16.7. The first-order chi connectivity index (χ1) is 12.4. The van der Waals surface area contributed by atoms with Gasteiger partial charge < -0.3 is 15.4 Å². The van der Waals surface area contributed by atoms with Crippen molar-refractivity contribution in [2.24, 2.45) is 5.92 Å². The molecule has 3 N–H and O–H groups in total. The van der Waals surface area contributed by atoms with Gasteiger partial charge >= 0.3 is 5.97 Å². The summed E-state index contributed by atoms with van der Waals surface area (Å²) in [6, 6.07) is 9.38. The summed E-state index contributed by atoms with van der Waals surface area (Å²) in [5.74, 6) is -0.163. The van der Waals surface area contributed by atoms with E-state index in [0.29, 0.717) is 26.4 Å². The zero-order valence-electron chi connectivity index (χ0n) is 15.2. The van der Waals surface area contributed by atoms with E-state index in [2.05, 4.69) is 19.2 Å². The SMILES string of the molecule is CCOC(=O)c1c(NC(=O)C[NH2+]CC(C)C)sc(Cl)c1-c1ccccc1. The molecule has 0 spiro atoms. The topological polar surface area (TPSA) is 72.0 Å². The molecule has 0 aliphatic carbocycles. The van der Waals surface area contributed by atoms with Crippen molar-refractivity contribution in [3.8, 4) is 11.1 Å². The van der Waals surface area contributed by atoms with Gasteiger partial charge in [0, 0.05) is 11.5 Å². The maximum absolute atomic E-state index is 12.5. The molecule has 0 saturated heterocycles. The smallest absolute Gasteiger partial charge is 0.341 e. The summed E-state index contributed by atoms with van der Waals surface area (Å²) in [4.78, 5) is 24.8. The molecule has 0 saturated carbocycles. The van der Waals surface area contributed by atoms with E-state index in [1.54, 1.807) is 6.92 Å². The number of anilines is 1. The number of esters is 1. The van der Waals surface area contributed by atoms with Crippen LogP contribution in [0.25, 0.3) is 11.1 Å². The molecule has 1 heterocycles. The van der Waals surface area contributed by atoms with Crippen molar-refractivity contribution >= 4 is 39.8 Å². The number of thiophene rings is 1. The average molecular weight is 396 g/mol. The summed E-state index contributed by atoms with van der Waals surface area (Å²) in [5.41, 5.74) is 1.71. The molecule has 2 aromatic rings. The van der Waals surface area contributed by atoms with Crippen molar-refractivity contribution in [2.75, 3.05) is 25.0 Å². The lowest BCUT2D eigenvalue weighted by molar-refractivity contribution is -0.648. The predicted molar refractivity (Wildman–Crippen MR) is 106 cm³/mol. The lowest BCUT2D eigenvalue weighted by Crippen LogP contribution is -2.87. The Morgan fingerprint density at radius 3 is 2.58 bits per heavy atom. The molecule has 1 amide bonds. The van der Waals surface area contributed by atoms with Gasteiger partial charge in [0.1, 0.15) is 14.9 Å². The number of nitrogens with one attached hydrogen (secondary N) is 1. The molecule has 0 fully saturated rings. The number of carbonyl (C=O) groups excluding carboxylic acids is 2. The Kier molecular flexibility index (Phi) is 7.63. The van der Waals surface area contributed by atoms with Gasteiger partial charge in [0.25, 0.3) is 5.91 Å². The maximum Gasteiger partial charge on any atom is 0.341 e. The van der Waals surface area contributed by atoms with Crippen LogP contribution < -0.4 is 10.6 Å². The zero-order chi connectivity index (χ0) is 19.1. The summed E-state index contributed by atoms with van der Waals surface area (Å²) in [6.07, 6.45) is 0. The van der Waals surface area contributed by atoms with Gasteiger partial charge in [-0.2, -0.15) is 0 Å². The maximum atomic E-state index is 12.5. The first-order valence-corrected chi connectivity index (χ1v) is 9.79. The number of benzene rings is 1. The molecule has 1 aromatic carbocycles. The van der Waals surface area contributed by atoms with Crippen LogP contribution in [0.1, 0.15) is 31.1 Å². The van der Waals surface area contributed by atoms with Gasteiger partial charge in [-0.05, 0) is 12.5 Å². The first-order valence-electron chi connectivity index (χ1n) is 8.60. The van der Waals surface area contributed by atoms with E-state index < -0.39 is 5.97 Å². The summed E-state index contributed by atoms with van der Waals surface area (Å²) < 4.78 is 5.63. The Labute approximate surface area is 162 Å². The van der Waals surface area contributed by atoms with E-state index >= 15 is 0 Å². The van der Waals surface area contributed by atoms with Crippen LogP contribution in [0, 0.1) is 5.92 Å². The standard InChI is InChI=1S/C19H23ClN2O3S/c1-4-25-19(24)16-15(13-8-6-5-7-9-13)17(20)26-18(16)22-14(23)11-21-10-12(2)3/h5-9,12,21H,4,10-11H2,1-3H3,(H,22,23)/p+1. The number of ether oxygens (including phenoxy) is 1. The fourth-order valence-electron chi connectivity index (χ4n) is 2.48. The predicted octanol–water partition coefficient (Wildman–Crippen LogP) is 3.40. The van der Waals surface area contributed by atoms with Crippen LogP contribution in [-0.2, 0) is 9.53 Å². The van der Waals surface area contributed by atoms with Gasteiger partial charge in [0.15, 0.2) is 6.54 Å². The number of carbonyl (C=O) groups is 2. The van der Waals surface area contributed by atoms with Crippen molar-refractivity contribution in [3.05, 3.63) is 40.2 Å². The Bertz CT molecular complexity index is 760. The van der Waals surface area contributed by atoms with Gasteiger partial charge in [-0.1, -0.05) is 55.8 Å². The first kappa shape index (κ1) is 20.4. The molecule has 0 unspecified atom stereocenters. The highest BCUT2D eigenvalue weighted by Crippen LogP contribution is 2.43. The quantitative estimate of drug-likeness (QED) is 0.673. The third-order valence-electron chi connectivity index (χ3n) is 3.63. The minimum Gasteiger partial charge on any atom is -0.462 e. The van der Waals surface area contributed by atoms with E-state index in [9.17, 15) is 9.59 Å². The monoisotopic (exact) mass is 395 g/mol. The molecular weight excluding hydrogens is 372 g/mol. The fraction of sp³-hybridized carbons (Fsp3) is 0.368. The number of quaternary nitrogens is 1.